The third kappa shape index (κ3) is 3.61. The monoisotopic (exact) mass is 515 g/mol. The summed E-state index contributed by atoms with van der Waals surface area (Å²) in [6.45, 7) is 3.00. The maximum atomic E-state index is 11.9. The number of rotatable bonds is 2. The molecule has 3 aliphatic rings. The van der Waals surface area contributed by atoms with Crippen LogP contribution >= 0.6 is 15.9 Å². The Morgan fingerprint density at radius 1 is 0.971 bits per heavy atom. The Hall–Kier alpha value is -3.12. The Morgan fingerprint density at radius 2 is 1.65 bits per heavy atom. The lowest BCUT2D eigenvalue weighted by Gasteiger charge is -2.51. The van der Waals surface area contributed by atoms with Crippen molar-refractivity contribution in [1.82, 2.24) is 9.91 Å². The van der Waals surface area contributed by atoms with Gasteiger partial charge in [-0.2, -0.15) is 5.10 Å². The van der Waals surface area contributed by atoms with Crippen LogP contribution in [0.2, 0.25) is 0 Å². The average Bonchev–Trinajstić information content (AvgIpc) is 3.33. The zero-order chi connectivity index (χ0) is 23.3. The normalized spacial score (nSPS) is 20.4. The van der Waals surface area contributed by atoms with Crippen LogP contribution in [0, 0.1) is 0 Å². The van der Waals surface area contributed by atoms with Crippen LogP contribution in [0.1, 0.15) is 43.4 Å². The first-order valence-corrected chi connectivity index (χ1v) is 12.6. The fourth-order valence-corrected chi connectivity index (χ4v) is 5.79. The third-order valence-corrected chi connectivity index (χ3v) is 7.77. The van der Waals surface area contributed by atoms with Gasteiger partial charge < -0.3 is 9.64 Å². The highest BCUT2D eigenvalue weighted by molar-refractivity contribution is 9.10. The van der Waals surface area contributed by atoms with Crippen molar-refractivity contribution >= 4 is 27.5 Å². The molecule has 34 heavy (non-hydrogen) atoms. The summed E-state index contributed by atoms with van der Waals surface area (Å²) >= 11 is 3.63. The van der Waals surface area contributed by atoms with E-state index in [1.54, 1.807) is 6.92 Å². The maximum absolute atomic E-state index is 11.9. The van der Waals surface area contributed by atoms with Crippen LogP contribution in [0.5, 0.6) is 5.75 Å². The van der Waals surface area contributed by atoms with Crippen LogP contribution in [0.4, 0.5) is 0 Å². The number of halogens is 1. The summed E-state index contributed by atoms with van der Waals surface area (Å²) in [4.78, 5) is 13.8. The summed E-state index contributed by atoms with van der Waals surface area (Å²) in [6.07, 6.45) is 2.31. The first-order chi connectivity index (χ1) is 16.5. The molecule has 5 nitrogen and oxygen atoms in total. The summed E-state index contributed by atoms with van der Waals surface area (Å²) in [5.74, 6) is 1.05. The lowest BCUT2D eigenvalue weighted by Crippen LogP contribution is -2.59. The standard InChI is InChI=1S/C28H26BrN3O2/c1-19(33)31-15-13-28(14-16-31)32-26(24-17-23(29)11-12-27(24)34-28)18-25(30-32)22-9-7-21(8-10-22)20-5-3-2-4-6-20/h2-12,17,26H,13-16,18H2,1H3. The Balaban J connectivity index is 1.35. The molecule has 0 aliphatic carbocycles. The van der Waals surface area contributed by atoms with Gasteiger partial charge in [0.2, 0.25) is 11.6 Å². The molecule has 1 fully saturated rings. The first kappa shape index (κ1) is 21.4. The second-order valence-corrected chi connectivity index (χ2v) is 10.2. The third-order valence-electron chi connectivity index (χ3n) is 7.27. The van der Waals surface area contributed by atoms with E-state index in [0.29, 0.717) is 13.1 Å². The van der Waals surface area contributed by atoms with Crippen molar-refractivity contribution in [3.8, 4) is 16.9 Å². The van der Waals surface area contributed by atoms with Gasteiger partial charge in [0.05, 0.1) is 11.8 Å². The van der Waals surface area contributed by atoms with Gasteiger partial charge in [-0.25, -0.2) is 5.01 Å². The summed E-state index contributed by atoms with van der Waals surface area (Å²) < 4.78 is 7.72. The minimum Gasteiger partial charge on any atom is -0.466 e. The Bertz CT molecular complexity index is 1260. The van der Waals surface area contributed by atoms with Crippen molar-refractivity contribution in [2.24, 2.45) is 5.10 Å². The van der Waals surface area contributed by atoms with Crippen molar-refractivity contribution in [3.63, 3.8) is 0 Å². The fraction of sp³-hybridized carbons (Fsp3) is 0.286. The molecule has 0 bridgehead atoms. The molecule has 172 valence electrons. The smallest absolute Gasteiger partial charge is 0.219 e. The van der Waals surface area contributed by atoms with Crippen molar-refractivity contribution in [2.75, 3.05) is 13.1 Å². The molecule has 1 saturated heterocycles. The molecule has 1 atom stereocenters. The summed E-state index contributed by atoms with van der Waals surface area (Å²) in [5.41, 5.74) is 5.27. The molecule has 0 N–H and O–H groups in total. The number of hydrogen-bond donors (Lipinski definition) is 0. The fourth-order valence-electron chi connectivity index (χ4n) is 5.41. The number of benzene rings is 3. The second kappa shape index (κ2) is 8.27. The molecule has 0 saturated carbocycles. The number of fused-ring (bicyclic) bond motifs is 4. The number of carbonyl (C=O) groups excluding carboxylic acids is 1. The molecule has 3 aliphatic heterocycles. The van der Waals surface area contributed by atoms with E-state index in [-0.39, 0.29) is 11.9 Å². The van der Waals surface area contributed by atoms with Crippen LogP contribution in [-0.4, -0.2) is 40.3 Å². The van der Waals surface area contributed by atoms with Crippen LogP contribution in [0.3, 0.4) is 0 Å². The topological polar surface area (TPSA) is 45.1 Å². The van der Waals surface area contributed by atoms with Crippen LogP contribution in [0.15, 0.2) is 82.4 Å². The number of amides is 1. The predicted octanol–water partition coefficient (Wildman–Crippen LogP) is 6.00. The van der Waals surface area contributed by atoms with E-state index in [0.717, 1.165) is 46.3 Å². The molecule has 6 heteroatoms. The molecular formula is C28H26BrN3O2. The van der Waals surface area contributed by atoms with Crippen molar-refractivity contribution in [1.29, 1.82) is 0 Å². The number of carbonyl (C=O) groups is 1. The van der Waals surface area contributed by atoms with Gasteiger partial charge in [-0.05, 0) is 34.9 Å². The maximum Gasteiger partial charge on any atom is 0.219 e. The lowest BCUT2D eigenvalue weighted by atomic mass is 9.90. The van der Waals surface area contributed by atoms with E-state index in [9.17, 15) is 4.79 Å². The van der Waals surface area contributed by atoms with Gasteiger partial charge in [-0.1, -0.05) is 70.5 Å². The number of likely N-dealkylation sites (tertiary alicyclic amines) is 1. The van der Waals surface area contributed by atoms with E-state index in [1.807, 2.05) is 17.0 Å². The molecule has 0 radical (unpaired) electrons. The van der Waals surface area contributed by atoms with E-state index in [4.69, 9.17) is 9.84 Å². The Kier molecular flexibility index (Phi) is 5.21. The predicted molar refractivity (Wildman–Crippen MR) is 137 cm³/mol. The molecule has 0 aromatic heterocycles. The Labute approximate surface area is 208 Å². The zero-order valence-corrected chi connectivity index (χ0v) is 20.7. The molecule has 3 aromatic rings. The van der Waals surface area contributed by atoms with Gasteiger partial charge in [0, 0.05) is 49.3 Å². The SMILES string of the molecule is CC(=O)N1CCC2(CC1)Oc1ccc(Br)cc1C1CC(c3ccc(-c4ccccc4)cc3)=NN12. The lowest BCUT2D eigenvalue weighted by molar-refractivity contribution is -0.158. The van der Waals surface area contributed by atoms with E-state index >= 15 is 0 Å². The molecule has 3 aromatic carbocycles. The number of ether oxygens (including phenoxy) is 1. The quantitative estimate of drug-likeness (QED) is 0.420. The van der Waals surface area contributed by atoms with E-state index in [2.05, 4.69) is 81.6 Å². The number of hydrogen-bond acceptors (Lipinski definition) is 4. The van der Waals surface area contributed by atoms with Crippen LogP contribution < -0.4 is 4.74 Å². The number of nitrogens with zero attached hydrogens (tertiary/aromatic N) is 3. The van der Waals surface area contributed by atoms with Crippen molar-refractivity contribution in [3.05, 3.63) is 88.4 Å². The van der Waals surface area contributed by atoms with Gasteiger partial charge in [0.15, 0.2) is 0 Å². The summed E-state index contributed by atoms with van der Waals surface area (Å²) in [5, 5.41) is 7.36. The van der Waals surface area contributed by atoms with Crippen molar-refractivity contribution < 1.29 is 9.53 Å². The van der Waals surface area contributed by atoms with Gasteiger partial charge in [0.25, 0.3) is 0 Å². The average molecular weight is 516 g/mol. The first-order valence-electron chi connectivity index (χ1n) is 11.8. The van der Waals surface area contributed by atoms with Gasteiger partial charge in [-0.3, -0.25) is 4.79 Å². The number of hydrazone groups is 1. The van der Waals surface area contributed by atoms with Crippen molar-refractivity contribution in [2.45, 2.75) is 38.0 Å². The minimum atomic E-state index is -0.525. The highest BCUT2D eigenvalue weighted by Crippen LogP contribution is 2.50. The molecular weight excluding hydrogens is 490 g/mol. The van der Waals surface area contributed by atoms with Gasteiger partial charge >= 0.3 is 0 Å². The second-order valence-electron chi connectivity index (χ2n) is 9.29. The van der Waals surface area contributed by atoms with E-state index in [1.165, 1.54) is 11.1 Å². The van der Waals surface area contributed by atoms with Crippen LogP contribution in [0.25, 0.3) is 11.1 Å². The summed E-state index contributed by atoms with van der Waals surface area (Å²) in [7, 11) is 0. The summed E-state index contributed by atoms with van der Waals surface area (Å²) in [6, 6.07) is 25.5. The minimum absolute atomic E-state index is 0.119. The van der Waals surface area contributed by atoms with Crippen LogP contribution in [-0.2, 0) is 4.79 Å². The molecule has 3 heterocycles. The Morgan fingerprint density at radius 3 is 2.35 bits per heavy atom. The largest absolute Gasteiger partial charge is 0.466 e. The number of piperidine rings is 1. The van der Waals surface area contributed by atoms with E-state index < -0.39 is 5.72 Å². The molecule has 1 spiro atoms. The molecule has 1 amide bonds. The molecule has 6 rings (SSSR count). The van der Waals surface area contributed by atoms with Gasteiger partial charge in [-0.15, -0.1) is 0 Å². The van der Waals surface area contributed by atoms with Gasteiger partial charge in [0.1, 0.15) is 5.75 Å². The highest BCUT2D eigenvalue weighted by Gasteiger charge is 2.52. The zero-order valence-electron chi connectivity index (χ0n) is 19.1. The highest BCUT2D eigenvalue weighted by atomic mass is 79.9. The molecule has 1 unspecified atom stereocenters.